The summed E-state index contributed by atoms with van der Waals surface area (Å²) in [5, 5.41) is 17.1. The molecule has 3 rings (SSSR count). The summed E-state index contributed by atoms with van der Waals surface area (Å²) in [4.78, 5) is 21.7. The molecule has 170 valence electrons. The van der Waals surface area contributed by atoms with Crippen LogP contribution in [-0.4, -0.2) is 52.9 Å². The van der Waals surface area contributed by atoms with E-state index in [2.05, 4.69) is 27.5 Å². The van der Waals surface area contributed by atoms with Gasteiger partial charge in [0.1, 0.15) is 0 Å². The zero-order valence-electron chi connectivity index (χ0n) is 19.0. The molecule has 0 saturated heterocycles. The van der Waals surface area contributed by atoms with Gasteiger partial charge in [-0.2, -0.15) is 0 Å². The summed E-state index contributed by atoms with van der Waals surface area (Å²) in [5.41, 5.74) is 2.62. The summed E-state index contributed by atoms with van der Waals surface area (Å²) >= 11 is 0. The molecular formula is C24H36N4O3. The van der Waals surface area contributed by atoms with Gasteiger partial charge in [0.05, 0.1) is 17.6 Å². The second kappa shape index (κ2) is 11.4. The van der Waals surface area contributed by atoms with E-state index in [-0.39, 0.29) is 30.9 Å². The average molecular weight is 429 g/mol. The van der Waals surface area contributed by atoms with Crippen LogP contribution in [0.5, 0.6) is 0 Å². The lowest BCUT2D eigenvalue weighted by Gasteiger charge is -2.32. The van der Waals surface area contributed by atoms with E-state index in [1.54, 1.807) is 6.92 Å². The number of hydrogen-bond acceptors (Lipinski definition) is 7. The lowest BCUT2D eigenvalue weighted by Crippen LogP contribution is -2.46. The Bertz CT molecular complexity index is 867. The van der Waals surface area contributed by atoms with E-state index in [1.807, 2.05) is 25.1 Å². The molecule has 0 aliphatic heterocycles. The second-order valence-electron chi connectivity index (χ2n) is 8.47. The number of anilines is 1. The minimum Gasteiger partial charge on any atom is -0.461 e. The molecule has 1 aliphatic rings. The number of ether oxygens (including phenoxy) is 1. The molecule has 31 heavy (non-hydrogen) atoms. The van der Waals surface area contributed by atoms with Gasteiger partial charge in [-0.15, -0.1) is 0 Å². The van der Waals surface area contributed by atoms with Crippen molar-refractivity contribution in [1.29, 1.82) is 0 Å². The molecule has 7 heteroatoms. The van der Waals surface area contributed by atoms with Crippen molar-refractivity contribution in [2.45, 2.75) is 71.4 Å². The maximum Gasteiger partial charge on any atom is 0.360 e. The number of aryl methyl sites for hydroxylation is 1. The number of nitrogens with zero attached hydrogens (tertiary/aromatic N) is 2. The van der Waals surface area contributed by atoms with Gasteiger partial charge >= 0.3 is 5.97 Å². The molecule has 1 aromatic heterocycles. The van der Waals surface area contributed by atoms with Crippen LogP contribution >= 0.6 is 0 Å². The number of aliphatic hydroxyl groups is 1. The zero-order valence-corrected chi connectivity index (χ0v) is 19.0. The normalized spacial score (nSPS) is 16.8. The molecule has 1 aliphatic carbocycles. The Morgan fingerprint density at radius 2 is 1.97 bits per heavy atom. The average Bonchev–Trinajstić information content (AvgIpc) is 2.79. The van der Waals surface area contributed by atoms with Crippen LogP contribution in [0.1, 0.15) is 68.4 Å². The number of aromatic nitrogens is 2. The molecule has 1 aromatic carbocycles. The first-order chi connectivity index (χ1) is 15.0. The van der Waals surface area contributed by atoms with Crippen LogP contribution in [0, 0.1) is 12.8 Å². The van der Waals surface area contributed by atoms with Crippen molar-refractivity contribution >= 4 is 22.8 Å². The summed E-state index contributed by atoms with van der Waals surface area (Å²) in [6.45, 7) is 6.72. The van der Waals surface area contributed by atoms with Gasteiger partial charge in [0, 0.05) is 31.2 Å². The maximum atomic E-state index is 12.5. The van der Waals surface area contributed by atoms with Crippen molar-refractivity contribution in [3.63, 3.8) is 0 Å². The number of hydrogen-bond donors (Lipinski definition) is 3. The highest BCUT2D eigenvalue weighted by Crippen LogP contribution is 2.22. The second-order valence-corrected chi connectivity index (χ2v) is 8.47. The van der Waals surface area contributed by atoms with E-state index in [4.69, 9.17) is 4.74 Å². The van der Waals surface area contributed by atoms with Gasteiger partial charge in [0.2, 0.25) is 0 Å². The highest BCUT2D eigenvalue weighted by molar-refractivity contribution is 5.95. The van der Waals surface area contributed by atoms with Gasteiger partial charge in [-0.05, 0) is 50.8 Å². The van der Waals surface area contributed by atoms with Gasteiger partial charge in [-0.25, -0.2) is 14.8 Å². The van der Waals surface area contributed by atoms with Gasteiger partial charge < -0.3 is 20.5 Å². The largest absolute Gasteiger partial charge is 0.461 e. The fourth-order valence-corrected chi connectivity index (χ4v) is 4.35. The number of rotatable bonds is 10. The number of aliphatic hydroxyl groups excluding tert-OH is 1. The molecule has 7 nitrogen and oxygen atoms in total. The van der Waals surface area contributed by atoms with Crippen molar-refractivity contribution in [3.05, 3.63) is 29.5 Å². The Labute approximate surface area is 185 Å². The number of carbonyl (C=O) groups excluding carboxylic acids is 1. The first-order valence-corrected chi connectivity index (χ1v) is 11.6. The Balaban J connectivity index is 1.78. The lowest BCUT2D eigenvalue weighted by molar-refractivity contribution is 0.0520. The third kappa shape index (κ3) is 6.14. The van der Waals surface area contributed by atoms with E-state index in [9.17, 15) is 9.90 Å². The predicted molar refractivity (Wildman–Crippen MR) is 123 cm³/mol. The molecule has 2 atom stereocenters. The maximum absolute atomic E-state index is 12.5. The number of esters is 1. The molecular weight excluding hydrogens is 392 g/mol. The summed E-state index contributed by atoms with van der Waals surface area (Å²) < 4.78 is 5.21. The molecule has 1 fully saturated rings. The van der Waals surface area contributed by atoms with Gasteiger partial charge in [0.25, 0.3) is 0 Å². The Kier molecular flexibility index (Phi) is 8.60. The SMILES string of the molecule is CCOC(=O)c1nc2cc(C)ccc2nc1NCC(CO)C(CC)NC1CCCCC1. The van der Waals surface area contributed by atoms with Gasteiger partial charge in [-0.3, -0.25) is 0 Å². The number of benzene rings is 1. The van der Waals surface area contributed by atoms with Gasteiger partial charge in [0.15, 0.2) is 11.5 Å². The minimum atomic E-state index is -0.492. The fraction of sp³-hybridized carbons (Fsp3) is 0.625. The highest BCUT2D eigenvalue weighted by atomic mass is 16.5. The first kappa shape index (κ1) is 23.4. The quantitative estimate of drug-likeness (QED) is 0.495. The fourth-order valence-electron chi connectivity index (χ4n) is 4.35. The van der Waals surface area contributed by atoms with Crippen LogP contribution in [0.25, 0.3) is 11.0 Å². The van der Waals surface area contributed by atoms with E-state index in [1.165, 1.54) is 32.1 Å². The van der Waals surface area contributed by atoms with Crippen molar-refractivity contribution in [1.82, 2.24) is 15.3 Å². The summed E-state index contributed by atoms with van der Waals surface area (Å²) in [6, 6.07) is 6.50. The summed E-state index contributed by atoms with van der Waals surface area (Å²) in [6.07, 6.45) is 7.18. The topological polar surface area (TPSA) is 96.4 Å². The van der Waals surface area contributed by atoms with Crippen molar-refractivity contribution in [2.75, 3.05) is 25.1 Å². The Hall–Kier alpha value is -2.25. The smallest absolute Gasteiger partial charge is 0.360 e. The molecule has 2 aromatic rings. The van der Waals surface area contributed by atoms with Crippen molar-refractivity contribution < 1.29 is 14.6 Å². The molecule has 1 saturated carbocycles. The number of fused-ring (bicyclic) bond motifs is 1. The Morgan fingerprint density at radius 3 is 2.65 bits per heavy atom. The monoisotopic (exact) mass is 428 g/mol. The zero-order chi connectivity index (χ0) is 22.2. The van der Waals surface area contributed by atoms with Crippen LogP contribution in [0.3, 0.4) is 0 Å². The standard InChI is InChI=1S/C24H36N4O3/c1-4-19(26-18-9-7-6-8-10-18)17(15-29)14-25-23-22(24(30)31-5-2)27-21-13-16(3)11-12-20(21)28-23/h11-13,17-19,26,29H,4-10,14-15H2,1-3H3,(H,25,28). The molecule has 2 unspecified atom stereocenters. The molecule has 0 spiro atoms. The van der Waals surface area contributed by atoms with Crippen LogP contribution in [0.4, 0.5) is 5.82 Å². The van der Waals surface area contributed by atoms with Crippen molar-refractivity contribution in [3.8, 4) is 0 Å². The van der Waals surface area contributed by atoms with E-state index >= 15 is 0 Å². The van der Waals surface area contributed by atoms with E-state index in [0.29, 0.717) is 29.4 Å². The molecule has 0 radical (unpaired) electrons. The van der Waals surface area contributed by atoms with Crippen LogP contribution in [-0.2, 0) is 4.74 Å². The van der Waals surface area contributed by atoms with Crippen LogP contribution in [0.2, 0.25) is 0 Å². The molecule has 1 heterocycles. The molecule has 3 N–H and O–H groups in total. The number of carbonyl (C=O) groups is 1. The minimum absolute atomic E-state index is 0.00233. The van der Waals surface area contributed by atoms with E-state index in [0.717, 1.165) is 12.0 Å². The predicted octanol–water partition coefficient (Wildman–Crippen LogP) is 3.84. The van der Waals surface area contributed by atoms with Crippen molar-refractivity contribution in [2.24, 2.45) is 5.92 Å². The highest BCUT2D eigenvalue weighted by Gasteiger charge is 2.25. The molecule has 0 bridgehead atoms. The number of nitrogens with one attached hydrogen (secondary N) is 2. The Morgan fingerprint density at radius 1 is 1.19 bits per heavy atom. The summed E-state index contributed by atoms with van der Waals surface area (Å²) in [7, 11) is 0. The van der Waals surface area contributed by atoms with Crippen LogP contribution in [0.15, 0.2) is 18.2 Å². The van der Waals surface area contributed by atoms with E-state index < -0.39 is 5.97 Å². The first-order valence-electron chi connectivity index (χ1n) is 11.6. The third-order valence-corrected chi connectivity index (χ3v) is 6.12. The lowest BCUT2D eigenvalue weighted by atomic mass is 9.91. The summed E-state index contributed by atoms with van der Waals surface area (Å²) in [5.74, 6) is -0.0907. The van der Waals surface area contributed by atoms with Crippen LogP contribution < -0.4 is 10.6 Å². The third-order valence-electron chi connectivity index (χ3n) is 6.12. The molecule has 0 amide bonds. The van der Waals surface area contributed by atoms with Gasteiger partial charge in [-0.1, -0.05) is 32.3 Å².